The number of likely N-dealkylation sites (N-methyl/N-ethyl adjacent to an activating group) is 1. The van der Waals surface area contributed by atoms with Crippen molar-refractivity contribution in [2.45, 2.75) is 44.2 Å². The molecule has 2 rings (SSSR count). The zero-order chi connectivity index (χ0) is 16.8. The number of rotatable bonds is 5. The van der Waals surface area contributed by atoms with Gasteiger partial charge in [-0.1, -0.05) is 36.8 Å². The van der Waals surface area contributed by atoms with Crippen LogP contribution in [0.4, 0.5) is 0 Å². The molecule has 0 aliphatic heterocycles. The predicted molar refractivity (Wildman–Crippen MR) is 90.7 cm³/mol. The Balaban J connectivity index is 2.04. The summed E-state index contributed by atoms with van der Waals surface area (Å²) in [5, 5.41) is 2.95. The summed E-state index contributed by atoms with van der Waals surface area (Å²) in [6.45, 7) is 0. The zero-order valence-electron chi connectivity index (χ0n) is 14.0. The predicted octanol–water partition coefficient (Wildman–Crippen LogP) is 1.32. The maximum Gasteiger partial charge on any atom is 0.244 e. The molecule has 0 radical (unpaired) electrons. The second kappa shape index (κ2) is 8.11. The van der Waals surface area contributed by atoms with Gasteiger partial charge in [-0.15, -0.1) is 0 Å². The standard InChI is InChI=1S/C18H27N3O2/c1-21(2)18(23)16(11-13-7-4-3-5-8-13)20-17(22)14-9-6-10-15(19)12-14/h3-5,7-8,14-16H,6,9-12,19H2,1-2H3,(H,20,22). The minimum Gasteiger partial charge on any atom is -0.347 e. The molecule has 2 amide bonds. The van der Waals surface area contributed by atoms with E-state index < -0.39 is 6.04 Å². The molecule has 3 unspecified atom stereocenters. The fraction of sp³-hybridized carbons (Fsp3) is 0.556. The van der Waals surface area contributed by atoms with Crippen molar-refractivity contribution in [3.63, 3.8) is 0 Å². The molecule has 1 fully saturated rings. The van der Waals surface area contributed by atoms with Crippen LogP contribution in [0.1, 0.15) is 31.2 Å². The Labute approximate surface area is 138 Å². The minimum atomic E-state index is -0.530. The summed E-state index contributed by atoms with van der Waals surface area (Å²) in [4.78, 5) is 26.5. The second-order valence-corrected chi connectivity index (χ2v) is 6.61. The summed E-state index contributed by atoms with van der Waals surface area (Å²) in [6, 6.07) is 9.32. The van der Waals surface area contributed by atoms with Crippen molar-refractivity contribution in [3.8, 4) is 0 Å². The van der Waals surface area contributed by atoms with Crippen molar-refractivity contribution >= 4 is 11.8 Å². The third-order valence-corrected chi connectivity index (χ3v) is 4.42. The summed E-state index contributed by atoms with van der Waals surface area (Å²) < 4.78 is 0. The van der Waals surface area contributed by atoms with E-state index in [9.17, 15) is 9.59 Å². The van der Waals surface area contributed by atoms with Crippen LogP contribution < -0.4 is 11.1 Å². The number of amides is 2. The number of nitrogens with two attached hydrogens (primary N) is 1. The maximum atomic E-state index is 12.5. The van der Waals surface area contributed by atoms with Crippen LogP contribution >= 0.6 is 0 Å². The molecule has 0 heterocycles. The highest BCUT2D eigenvalue weighted by molar-refractivity contribution is 5.88. The average Bonchev–Trinajstić information content (AvgIpc) is 2.54. The molecular weight excluding hydrogens is 290 g/mol. The molecule has 1 aliphatic carbocycles. The Morgan fingerprint density at radius 1 is 1.26 bits per heavy atom. The molecule has 3 atom stereocenters. The largest absolute Gasteiger partial charge is 0.347 e. The maximum absolute atomic E-state index is 12.5. The average molecular weight is 317 g/mol. The molecule has 5 heteroatoms. The number of carbonyl (C=O) groups excluding carboxylic acids is 2. The lowest BCUT2D eigenvalue weighted by atomic mass is 9.85. The lowest BCUT2D eigenvalue weighted by Gasteiger charge is -2.28. The first kappa shape index (κ1) is 17.5. The van der Waals surface area contributed by atoms with Gasteiger partial charge in [0.05, 0.1) is 0 Å². The van der Waals surface area contributed by atoms with Crippen LogP contribution in [0, 0.1) is 5.92 Å². The smallest absolute Gasteiger partial charge is 0.244 e. The summed E-state index contributed by atoms with van der Waals surface area (Å²) in [5.74, 6) is -0.203. The Morgan fingerprint density at radius 2 is 1.96 bits per heavy atom. The van der Waals surface area contributed by atoms with E-state index in [1.165, 1.54) is 4.90 Å². The van der Waals surface area contributed by atoms with Gasteiger partial charge in [0, 0.05) is 32.5 Å². The first-order valence-electron chi connectivity index (χ1n) is 8.28. The number of hydrogen-bond donors (Lipinski definition) is 2. The van der Waals surface area contributed by atoms with Gasteiger partial charge in [-0.3, -0.25) is 9.59 Å². The van der Waals surface area contributed by atoms with Crippen molar-refractivity contribution in [1.29, 1.82) is 0 Å². The van der Waals surface area contributed by atoms with E-state index in [-0.39, 0.29) is 23.8 Å². The van der Waals surface area contributed by atoms with E-state index in [0.717, 1.165) is 24.8 Å². The van der Waals surface area contributed by atoms with Gasteiger partial charge in [0.15, 0.2) is 0 Å². The number of carbonyl (C=O) groups is 2. The van der Waals surface area contributed by atoms with Crippen LogP contribution in [0.3, 0.4) is 0 Å². The van der Waals surface area contributed by atoms with Crippen LogP contribution in [0.15, 0.2) is 30.3 Å². The molecule has 1 aliphatic rings. The molecule has 0 aromatic heterocycles. The van der Waals surface area contributed by atoms with Crippen molar-refractivity contribution < 1.29 is 9.59 Å². The molecule has 0 saturated heterocycles. The molecular formula is C18H27N3O2. The van der Waals surface area contributed by atoms with E-state index >= 15 is 0 Å². The highest BCUT2D eigenvalue weighted by Crippen LogP contribution is 2.23. The summed E-state index contributed by atoms with van der Waals surface area (Å²) in [7, 11) is 3.42. The van der Waals surface area contributed by atoms with E-state index in [0.29, 0.717) is 12.8 Å². The molecule has 1 aromatic carbocycles. The van der Waals surface area contributed by atoms with E-state index in [2.05, 4.69) is 5.32 Å². The van der Waals surface area contributed by atoms with Crippen LogP contribution in [-0.4, -0.2) is 42.9 Å². The van der Waals surface area contributed by atoms with Crippen molar-refractivity contribution in [3.05, 3.63) is 35.9 Å². The van der Waals surface area contributed by atoms with Crippen molar-refractivity contribution in [2.24, 2.45) is 11.7 Å². The monoisotopic (exact) mass is 317 g/mol. The lowest BCUT2D eigenvalue weighted by molar-refractivity contribution is -0.136. The summed E-state index contributed by atoms with van der Waals surface area (Å²) >= 11 is 0. The summed E-state index contributed by atoms with van der Waals surface area (Å²) in [5.41, 5.74) is 7.01. The fourth-order valence-corrected chi connectivity index (χ4v) is 3.12. The fourth-order valence-electron chi connectivity index (χ4n) is 3.12. The second-order valence-electron chi connectivity index (χ2n) is 6.61. The van der Waals surface area contributed by atoms with E-state index in [1.807, 2.05) is 30.3 Å². The van der Waals surface area contributed by atoms with Gasteiger partial charge in [-0.2, -0.15) is 0 Å². The van der Waals surface area contributed by atoms with Crippen molar-refractivity contribution in [1.82, 2.24) is 10.2 Å². The Kier molecular flexibility index (Phi) is 6.16. The van der Waals surface area contributed by atoms with E-state index in [1.54, 1.807) is 14.1 Å². The number of nitrogens with zero attached hydrogens (tertiary/aromatic N) is 1. The quantitative estimate of drug-likeness (QED) is 0.860. The van der Waals surface area contributed by atoms with Gasteiger partial charge in [0.25, 0.3) is 0 Å². The first-order chi connectivity index (χ1) is 11.0. The zero-order valence-corrected chi connectivity index (χ0v) is 14.0. The summed E-state index contributed by atoms with van der Waals surface area (Å²) in [6.07, 6.45) is 4.02. The Hall–Kier alpha value is -1.88. The minimum absolute atomic E-state index is 0.0451. The van der Waals surface area contributed by atoms with E-state index in [4.69, 9.17) is 5.73 Å². The molecule has 0 spiro atoms. The van der Waals surface area contributed by atoms with Gasteiger partial charge in [0.2, 0.25) is 11.8 Å². The molecule has 126 valence electrons. The molecule has 3 N–H and O–H groups in total. The third kappa shape index (κ3) is 5.06. The SMILES string of the molecule is CN(C)C(=O)C(Cc1ccccc1)NC(=O)C1CCCC(N)C1. The number of benzene rings is 1. The van der Waals surface area contributed by atoms with Crippen LogP contribution in [0.5, 0.6) is 0 Å². The normalized spacial score (nSPS) is 22.2. The third-order valence-electron chi connectivity index (χ3n) is 4.42. The number of nitrogens with one attached hydrogen (secondary N) is 1. The van der Waals surface area contributed by atoms with Gasteiger partial charge >= 0.3 is 0 Å². The molecule has 23 heavy (non-hydrogen) atoms. The van der Waals surface area contributed by atoms with Crippen LogP contribution in [-0.2, 0) is 16.0 Å². The molecule has 1 aromatic rings. The molecule has 5 nitrogen and oxygen atoms in total. The Bertz CT molecular complexity index is 530. The molecule has 1 saturated carbocycles. The number of hydrogen-bond acceptors (Lipinski definition) is 3. The highest BCUT2D eigenvalue weighted by atomic mass is 16.2. The lowest BCUT2D eigenvalue weighted by Crippen LogP contribution is -2.50. The van der Waals surface area contributed by atoms with Gasteiger partial charge in [-0.25, -0.2) is 0 Å². The topological polar surface area (TPSA) is 75.4 Å². The van der Waals surface area contributed by atoms with Gasteiger partial charge in [-0.05, 0) is 24.8 Å². The van der Waals surface area contributed by atoms with Crippen LogP contribution in [0.2, 0.25) is 0 Å². The molecule has 0 bridgehead atoms. The van der Waals surface area contributed by atoms with Gasteiger partial charge in [0.1, 0.15) is 6.04 Å². The Morgan fingerprint density at radius 3 is 2.57 bits per heavy atom. The first-order valence-corrected chi connectivity index (χ1v) is 8.28. The van der Waals surface area contributed by atoms with Crippen LogP contribution in [0.25, 0.3) is 0 Å². The van der Waals surface area contributed by atoms with Gasteiger partial charge < -0.3 is 16.0 Å². The van der Waals surface area contributed by atoms with Crippen molar-refractivity contribution in [2.75, 3.05) is 14.1 Å². The highest BCUT2D eigenvalue weighted by Gasteiger charge is 2.29.